The molecule has 0 aromatic carbocycles. The van der Waals surface area contributed by atoms with Crippen LogP contribution in [0.3, 0.4) is 0 Å². The molecule has 1 aliphatic carbocycles. The Bertz CT molecular complexity index is 272. The zero-order chi connectivity index (χ0) is 13.6. The molecular weight excluding hydrogens is 248 g/mol. The van der Waals surface area contributed by atoms with E-state index in [4.69, 9.17) is 4.74 Å². The molecule has 0 aromatic heterocycles. The fourth-order valence-corrected chi connectivity index (χ4v) is 4.28. The Morgan fingerprint density at radius 2 is 1.90 bits per heavy atom. The van der Waals surface area contributed by atoms with Crippen molar-refractivity contribution in [2.24, 2.45) is 5.92 Å². The van der Waals surface area contributed by atoms with E-state index in [1.807, 2.05) is 0 Å². The lowest BCUT2D eigenvalue weighted by Crippen LogP contribution is -2.44. The van der Waals surface area contributed by atoms with Gasteiger partial charge < -0.3 is 15.0 Å². The van der Waals surface area contributed by atoms with Gasteiger partial charge in [-0.05, 0) is 57.5 Å². The molecule has 3 aliphatic rings. The van der Waals surface area contributed by atoms with Crippen molar-refractivity contribution in [2.45, 2.75) is 69.9 Å². The molecule has 0 amide bonds. The van der Waals surface area contributed by atoms with Crippen LogP contribution in [0.5, 0.6) is 0 Å². The highest BCUT2D eigenvalue weighted by Gasteiger charge is 2.27. The highest BCUT2D eigenvalue weighted by atomic mass is 16.5. The molecule has 0 radical (unpaired) electrons. The molecule has 2 unspecified atom stereocenters. The molecule has 2 atom stereocenters. The summed E-state index contributed by atoms with van der Waals surface area (Å²) in [5, 5.41) is 3.84. The second-order valence-corrected chi connectivity index (χ2v) is 7.04. The molecular formula is C17H32N2O. The fourth-order valence-electron chi connectivity index (χ4n) is 4.28. The molecule has 0 spiro atoms. The Morgan fingerprint density at radius 3 is 2.70 bits per heavy atom. The first-order valence-corrected chi connectivity index (χ1v) is 8.99. The molecule has 2 aliphatic heterocycles. The van der Waals surface area contributed by atoms with Crippen molar-refractivity contribution in [3.05, 3.63) is 0 Å². The van der Waals surface area contributed by atoms with E-state index in [-0.39, 0.29) is 0 Å². The van der Waals surface area contributed by atoms with E-state index in [0.29, 0.717) is 6.10 Å². The number of rotatable bonds is 4. The molecule has 1 saturated carbocycles. The maximum atomic E-state index is 5.78. The average molecular weight is 280 g/mol. The van der Waals surface area contributed by atoms with Crippen LogP contribution >= 0.6 is 0 Å². The van der Waals surface area contributed by atoms with Gasteiger partial charge in [0.2, 0.25) is 0 Å². The molecule has 3 heteroatoms. The molecule has 1 N–H and O–H groups in total. The van der Waals surface area contributed by atoms with Crippen LogP contribution < -0.4 is 5.32 Å². The Hall–Kier alpha value is -0.120. The predicted octanol–water partition coefficient (Wildman–Crippen LogP) is 2.80. The summed E-state index contributed by atoms with van der Waals surface area (Å²) >= 11 is 0. The summed E-state index contributed by atoms with van der Waals surface area (Å²) in [5.41, 5.74) is 0. The highest BCUT2D eigenvalue weighted by Crippen LogP contribution is 2.27. The fraction of sp³-hybridized carbons (Fsp3) is 1.00. The normalized spacial score (nSPS) is 34.2. The molecule has 2 heterocycles. The first-order valence-electron chi connectivity index (χ1n) is 8.99. The van der Waals surface area contributed by atoms with Crippen LogP contribution in [0.4, 0.5) is 0 Å². The van der Waals surface area contributed by atoms with Gasteiger partial charge in [0.25, 0.3) is 0 Å². The number of ether oxygens (including phenoxy) is 1. The van der Waals surface area contributed by atoms with Crippen LogP contribution in [0.25, 0.3) is 0 Å². The summed E-state index contributed by atoms with van der Waals surface area (Å²) in [6, 6.07) is 0.752. The van der Waals surface area contributed by atoms with Crippen LogP contribution in [0.2, 0.25) is 0 Å². The SMILES string of the molecule is C1CCC(C2CN(CCC3CCCO3)CCCN2)CC1. The zero-order valence-corrected chi connectivity index (χ0v) is 13.0. The van der Waals surface area contributed by atoms with Gasteiger partial charge in [0.05, 0.1) is 6.10 Å². The minimum absolute atomic E-state index is 0.555. The predicted molar refractivity (Wildman–Crippen MR) is 83.0 cm³/mol. The van der Waals surface area contributed by atoms with E-state index in [9.17, 15) is 0 Å². The van der Waals surface area contributed by atoms with Gasteiger partial charge in [-0.15, -0.1) is 0 Å². The second kappa shape index (κ2) is 7.77. The minimum atomic E-state index is 0.555. The highest BCUT2D eigenvalue weighted by molar-refractivity contribution is 4.84. The van der Waals surface area contributed by atoms with Gasteiger partial charge in [-0.1, -0.05) is 19.3 Å². The molecule has 2 saturated heterocycles. The molecule has 20 heavy (non-hydrogen) atoms. The standard InChI is InChI=1S/C17H32N2O/c1-2-6-15(7-3-1)17-14-19(11-5-10-18-17)12-9-16-8-4-13-20-16/h15-18H,1-14H2. The van der Waals surface area contributed by atoms with Crippen molar-refractivity contribution >= 4 is 0 Å². The lowest BCUT2D eigenvalue weighted by atomic mass is 9.83. The summed E-state index contributed by atoms with van der Waals surface area (Å²) in [7, 11) is 0. The van der Waals surface area contributed by atoms with E-state index in [1.54, 1.807) is 0 Å². The maximum Gasteiger partial charge on any atom is 0.0588 e. The molecule has 0 bridgehead atoms. The van der Waals surface area contributed by atoms with E-state index < -0.39 is 0 Å². The molecule has 3 fully saturated rings. The zero-order valence-electron chi connectivity index (χ0n) is 13.0. The lowest BCUT2D eigenvalue weighted by molar-refractivity contribution is 0.0899. The van der Waals surface area contributed by atoms with Crippen LogP contribution in [-0.4, -0.2) is 49.8 Å². The van der Waals surface area contributed by atoms with E-state index >= 15 is 0 Å². The first-order chi connectivity index (χ1) is 9.92. The van der Waals surface area contributed by atoms with E-state index in [0.717, 1.165) is 18.6 Å². The van der Waals surface area contributed by atoms with Crippen LogP contribution in [0.1, 0.15) is 57.8 Å². The molecule has 3 rings (SSSR count). The summed E-state index contributed by atoms with van der Waals surface area (Å²) in [6.45, 7) is 6.02. The van der Waals surface area contributed by atoms with Crippen molar-refractivity contribution in [1.82, 2.24) is 10.2 Å². The second-order valence-electron chi connectivity index (χ2n) is 7.04. The Labute approximate surface area is 124 Å². The number of hydrogen-bond donors (Lipinski definition) is 1. The largest absolute Gasteiger partial charge is 0.378 e. The van der Waals surface area contributed by atoms with E-state index in [1.165, 1.54) is 84.0 Å². The van der Waals surface area contributed by atoms with Gasteiger partial charge in [-0.2, -0.15) is 0 Å². The third-order valence-electron chi connectivity index (χ3n) is 5.52. The van der Waals surface area contributed by atoms with Gasteiger partial charge in [-0.3, -0.25) is 0 Å². The van der Waals surface area contributed by atoms with Gasteiger partial charge in [-0.25, -0.2) is 0 Å². The Balaban J connectivity index is 1.46. The summed E-state index contributed by atoms with van der Waals surface area (Å²) in [4.78, 5) is 2.71. The van der Waals surface area contributed by atoms with E-state index in [2.05, 4.69) is 10.2 Å². The maximum absolute atomic E-state index is 5.78. The molecule has 3 nitrogen and oxygen atoms in total. The topological polar surface area (TPSA) is 24.5 Å². The third-order valence-corrected chi connectivity index (χ3v) is 5.52. The summed E-state index contributed by atoms with van der Waals surface area (Å²) in [6.07, 6.45) is 13.0. The average Bonchev–Trinajstić information content (AvgIpc) is 2.90. The van der Waals surface area contributed by atoms with Crippen molar-refractivity contribution < 1.29 is 4.74 Å². The molecule has 0 aromatic rings. The quantitative estimate of drug-likeness (QED) is 0.857. The Kier molecular flexibility index (Phi) is 5.75. The minimum Gasteiger partial charge on any atom is -0.378 e. The van der Waals surface area contributed by atoms with Crippen molar-refractivity contribution in [1.29, 1.82) is 0 Å². The van der Waals surface area contributed by atoms with Gasteiger partial charge >= 0.3 is 0 Å². The summed E-state index contributed by atoms with van der Waals surface area (Å²) in [5.74, 6) is 0.937. The van der Waals surface area contributed by atoms with Crippen LogP contribution in [0, 0.1) is 5.92 Å². The Morgan fingerprint density at radius 1 is 1.00 bits per heavy atom. The first kappa shape index (κ1) is 14.8. The number of nitrogens with zero attached hydrogens (tertiary/aromatic N) is 1. The van der Waals surface area contributed by atoms with Crippen molar-refractivity contribution in [3.8, 4) is 0 Å². The summed E-state index contributed by atoms with van der Waals surface area (Å²) < 4.78 is 5.78. The van der Waals surface area contributed by atoms with Crippen molar-refractivity contribution in [2.75, 3.05) is 32.8 Å². The van der Waals surface area contributed by atoms with Crippen molar-refractivity contribution in [3.63, 3.8) is 0 Å². The smallest absolute Gasteiger partial charge is 0.0588 e. The van der Waals surface area contributed by atoms with Crippen LogP contribution in [-0.2, 0) is 4.74 Å². The molecule has 116 valence electrons. The van der Waals surface area contributed by atoms with Gasteiger partial charge in [0.15, 0.2) is 0 Å². The third kappa shape index (κ3) is 4.19. The lowest BCUT2D eigenvalue weighted by Gasteiger charge is -2.33. The van der Waals surface area contributed by atoms with Gasteiger partial charge in [0, 0.05) is 25.7 Å². The van der Waals surface area contributed by atoms with Gasteiger partial charge in [0.1, 0.15) is 0 Å². The number of hydrogen-bond acceptors (Lipinski definition) is 3. The monoisotopic (exact) mass is 280 g/mol. The van der Waals surface area contributed by atoms with Crippen LogP contribution in [0.15, 0.2) is 0 Å². The number of nitrogens with one attached hydrogen (secondary N) is 1.